The summed E-state index contributed by atoms with van der Waals surface area (Å²) >= 11 is 15.8. The van der Waals surface area contributed by atoms with Gasteiger partial charge in [0, 0.05) is 54.9 Å². The van der Waals surface area contributed by atoms with Gasteiger partial charge in [0.15, 0.2) is 11.6 Å². The Morgan fingerprint density at radius 1 is 0.623 bits per heavy atom. The van der Waals surface area contributed by atoms with Crippen LogP contribution < -0.4 is 0 Å². The van der Waals surface area contributed by atoms with Gasteiger partial charge in [0.25, 0.3) is 7.28 Å². The Morgan fingerprint density at radius 3 is 1.38 bits per heavy atom. The van der Waals surface area contributed by atoms with Crippen LogP contribution in [0.3, 0.4) is 0 Å². The molecule has 2 aromatic carbocycles. The number of aromatic nitrogens is 6. The van der Waals surface area contributed by atoms with Crippen LogP contribution in [-0.2, 0) is 9.59 Å². The predicted molar refractivity (Wildman–Crippen MR) is 213 cm³/mol. The van der Waals surface area contributed by atoms with Crippen LogP contribution in [0.15, 0.2) is 58.5 Å². The van der Waals surface area contributed by atoms with Crippen molar-refractivity contribution in [3.8, 4) is 10.0 Å². The second kappa shape index (κ2) is 13.7. The van der Waals surface area contributed by atoms with Gasteiger partial charge in [-0.25, -0.2) is 0 Å². The number of thiophene rings is 2. The highest BCUT2D eigenvalue weighted by atomic mass is 35.5. The summed E-state index contributed by atoms with van der Waals surface area (Å²) in [6.07, 6.45) is -0.0497. The van der Waals surface area contributed by atoms with Crippen LogP contribution >= 0.6 is 45.9 Å². The molecule has 6 heterocycles. The fraction of sp³-hybridized carbons (Fsp3) is 0.263. The average Bonchev–Trinajstić information content (AvgIpc) is 3.81. The first-order chi connectivity index (χ1) is 25.4. The monoisotopic (exact) mass is 778 g/mol. The molecule has 2 aliphatic heterocycles. The molecule has 0 spiro atoms. The van der Waals surface area contributed by atoms with E-state index in [1.165, 1.54) is 0 Å². The standard InChI is InChI=1S/C38H33BCl2N8O2S2/c1-17-19(3)52-37-31(17)33(23-7-11-25(40)12-8-23)42-27(35-46-44-21(5)48(35)37)15-29(50)39-30(51)16-28-36-47-45-22(6)49(36)38-32(18(2)20(4)53-38)34(43-28)24-9-13-26(41)14-10-24/h7-14,27-28,39H,15-16H2,1-6H3/t27-,28-/m0/s1. The van der Waals surface area contributed by atoms with E-state index in [4.69, 9.17) is 33.2 Å². The maximum Gasteiger partial charge on any atom is 0.285 e. The minimum absolute atomic E-state index is 0.0249. The number of benzene rings is 2. The van der Waals surface area contributed by atoms with Gasteiger partial charge in [-0.3, -0.25) is 19.1 Å². The highest BCUT2D eigenvalue weighted by Gasteiger charge is 2.35. The largest absolute Gasteiger partial charge is 0.311 e. The molecule has 0 N–H and O–H groups in total. The molecular formula is C38H33BCl2N8O2S2. The Labute approximate surface area is 324 Å². The molecule has 2 atom stereocenters. The van der Waals surface area contributed by atoms with Crippen molar-refractivity contribution in [1.29, 1.82) is 0 Å². The van der Waals surface area contributed by atoms with Gasteiger partial charge in [-0.15, -0.1) is 43.1 Å². The fourth-order valence-corrected chi connectivity index (χ4v) is 9.74. The van der Waals surface area contributed by atoms with Crippen molar-refractivity contribution in [2.75, 3.05) is 0 Å². The quantitative estimate of drug-likeness (QED) is 0.145. The molecule has 2 aliphatic rings. The zero-order chi connectivity index (χ0) is 37.3. The number of aryl methyl sites for hydroxylation is 4. The van der Waals surface area contributed by atoms with Crippen LogP contribution in [0.25, 0.3) is 10.0 Å². The maximum atomic E-state index is 13.9. The number of hydrogen-bond donors (Lipinski definition) is 0. The van der Waals surface area contributed by atoms with Crippen molar-refractivity contribution in [3.05, 3.63) is 125 Å². The molecule has 0 bridgehead atoms. The molecular weight excluding hydrogens is 746 g/mol. The lowest BCUT2D eigenvalue weighted by Crippen LogP contribution is -2.24. The molecule has 0 saturated carbocycles. The molecule has 0 unspecified atom stereocenters. The summed E-state index contributed by atoms with van der Waals surface area (Å²) in [6.45, 7) is 12.1. The first-order valence-electron chi connectivity index (χ1n) is 17.2. The summed E-state index contributed by atoms with van der Waals surface area (Å²) in [7, 11) is -0.287. The minimum atomic E-state index is -0.665. The number of fused-ring (bicyclic) bond motifs is 6. The van der Waals surface area contributed by atoms with E-state index in [1.54, 1.807) is 22.7 Å². The molecule has 10 nitrogen and oxygen atoms in total. The van der Waals surface area contributed by atoms with Gasteiger partial charge in [-0.05, 0) is 76.9 Å². The molecule has 8 rings (SSSR count). The third-order valence-electron chi connectivity index (χ3n) is 9.95. The summed E-state index contributed by atoms with van der Waals surface area (Å²) in [5, 5.41) is 21.0. The number of halogens is 2. The lowest BCUT2D eigenvalue weighted by Gasteiger charge is -2.14. The van der Waals surface area contributed by atoms with E-state index in [0.29, 0.717) is 33.3 Å². The Morgan fingerprint density at radius 2 is 1.00 bits per heavy atom. The van der Waals surface area contributed by atoms with Gasteiger partial charge in [0.05, 0.1) is 11.4 Å². The van der Waals surface area contributed by atoms with E-state index >= 15 is 0 Å². The smallest absolute Gasteiger partial charge is 0.285 e. The van der Waals surface area contributed by atoms with Gasteiger partial charge in [-0.2, -0.15) is 0 Å². The molecule has 0 saturated heterocycles. The SMILES string of the molecule is Cc1sc2c(c1C)C(c1ccc(Cl)cc1)=N[C@@H](CC(=O)BC(=O)C[C@@H]1N=C(c3ccc(Cl)cc3)c3c(sc(C)c3C)-n3c(C)nnc31)c1nnc(C)n1-2. The second-order valence-electron chi connectivity index (χ2n) is 13.5. The van der Waals surface area contributed by atoms with Crippen LogP contribution in [0, 0.1) is 41.5 Å². The van der Waals surface area contributed by atoms with Gasteiger partial charge in [0.2, 0.25) is 0 Å². The summed E-state index contributed by atoms with van der Waals surface area (Å²) in [5.74, 6) is 2.53. The van der Waals surface area contributed by atoms with Gasteiger partial charge in [0.1, 0.15) is 45.1 Å². The van der Waals surface area contributed by atoms with Gasteiger partial charge in [-0.1, -0.05) is 47.5 Å². The zero-order valence-corrected chi connectivity index (χ0v) is 33.0. The highest BCUT2D eigenvalue weighted by Crippen LogP contribution is 2.41. The lowest BCUT2D eigenvalue weighted by molar-refractivity contribution is -0.115. The Hall–Kier alpha value is -4.56. The predicted octanol–water partition coefficient (Wildman–Crippen LogP) is 7.88. The summed E-state index contributed by atoms with van der Waals surface area (Å²) in [4.78, 5) is 40.6. The Balaban J connectivity index is 1.12. The number of nitrogens with zero attached hydrogens (tertiary/aromatic N) is 8. The van der Waals surface area contributed by atoms with Crippen molar-refractivity contribution < 1.29 is 9.59 Å². The number of carbonyl (C=O) groups excluding carboxylic acids is 2. The fourth-order valence-electron chi connectivity index (χ4n) is 7.06. The van der Waals surface area contributed by atoms with Crippen molar-refractivity contribution in [1.82, 2.24) is 29.5 Å². The Kier molecular flexibility index (Phi) is 9.17. The van der Waals surface area contributed by atoms with Crippen molar-refractivity contribution in [2.45, 2.75) is 66.5 Å². The van der Waals surface area contributed by atoms with E-state index in [2.05, 4.69) is 48.1 Å². The number of hydrogen-bond acceptors (Lipinski definition) is 10. The van der Waals surface area contributed by atoms with Crippen LogP contribution in [0.4, 0.5) is 0 Å². The summed E-state index contributed by atoms with van der Waals surface area (Å²) < 4.78 is 4.00. The van der Waals surface area contributed by atoms with Crippen LogP contribution in [-0.4, -0.2) is 59.6 Å². The molecule has 15 heteroatoms. The molecule has 0 aliphatic carbocycles. The molecule has 53 heavy (non-hydrogen) atoms. The molecule has 266 valence electrons. The van der Waals surface area contributed by atoms with Crippen LogP contribution in [0.1, 0.15) is 91.4 Å². The number of carbonyl (C=O) groups is 2. The second-order valence-corrected chi connectivity index (χ2v) is 16.8. The molecule has 4 aromatic heterocycles. The average molecular weight is 780 g/mol. The lowest BCUT2D eigenvalue weighted by atomic mass is 9.65. The van der Waals surface area contributed by atoms with Crippen molar-refractivity contribution >= 4 is 75.9 Å². The zero-order valence-electron chi connectivity index (χ0n) is 29.9. The van der Waals surface area contributed by atoms with E-state index in [1.807, 2.05) is 71.5 Å². The summed E-state index contributed by atoms with van der Waals surface area (Å²) in [5.41, 5.74) is 6.92. The topological polar surface area (TPSA) is 120 Å². The summed E-state index contributed by atoms with van der Waals surface area (Å²) in [6, 6.07) is 13.8. The maximum absolute atomic E-state index is 13.9. The normalized spacial score (nSPS) is 16.1. The minimum Gasteiger partial charge on any atom is -0.311 e. The van der Waals surface area contributed by atoms with E-state index in [9.17, 15) is 9.59 Å². The van der Waals surface area contributed by atoms with E-state index in [-0.39, 0.29) is 31.5 Å². The first kappa shape index (κ1) is 35.5. The van der Waals surface area contributed by atoms with Crippen molar-refractivity contribution in [2.24, 2.45) is 9.98 Å². The Bertz CT molecular complexity index is 2350. The molecule has 6 aromatic rings. The van der Waals surface area contributed by atoms with Crippen LogP contribution in [0.2, 0.25) is 10.0 Å². The van der Waals surface area contributed by atoms with Gasteiger partial charge < -0.3 is 9.59 Å². The van der Waals surface area contributed by atoms with Crippen molar-refractivity contribution in [3.63, 3.8) is 0 Å². The van der Waals surface area contributed by atoms with E-state index < -0.39 is 12.1 Å². The number of aliphatic imine (C=N–C) groups is 2. The van der Waals surface area contributed by atoms with Gasteiger partial charge >= 0.3 is 0 Å². The van der Waals surface area contributed by atoms with Crippen LogP contribution in [0.5, 0.6) is 0 Å². The highest BCUT2D eigenvalue weighted by molar-refractivity contribution is 7.15. The number of rotatable bonds is 8. The molecule has 0 radical (unpaired) electrons. The third kappa shape index (κ3) is 6.23. The first-order valence-corrected chi connectivity index (χ1v) is 19.5. The molecule has 0 amide bonds. The molecule has 0 fully saturated rings. The third-order valence-corrected chi connectivity index (χ3v) is 12.8. The van der Waals surface area contributed by atoms with E-state index in [0.717, 1.165) is 64.6 Å².